The van der Waals surface area contributed by atoms with Crippen LogP contribution in [0.25, 0.3) is 0 Å². The molecule has 0 radical (unpaired) electrons. The van der Waals surface area contributed by atoms with Gasteiger partial charge in [0.2, 0.25) is 0 Å². The molecule has 0 bridgehead atoms. The summed E-state index contributed by atoms with van der Waals surface area (Å²) in [4.78, 5) is 27.1. The number of carbonyl (C=O) groups is 2. The van der Waals surface area contributed by atoms with Crippen molar-refractivity contribution in [2.45, 2.75) is 6.92 Å². The summed E-state index contributed by atoms with van der Waals surface area (Å²) in [6.07, 6.45) is 0. The maximum Gasteiger partial charge on any atom is 0.357 e. The standard InChI is InChI=1S/C13H13N3O3S/c1-2-19-11(17)10-8-20-13(15-10)16-12(18)14-9-6-4-3-5-7-9/h3-8H,2H2,1H3,(H2,14,15,16,18). The number of esters is 1. The van der Waals surface area contributed by atoms with Crippen molar-refractivity contribution >= 4 is 34.2 Å². The lowest BCUT2D eigenvalue weighted by Gasteiger charge is -2.04. The third-order valence-electron chi connectivity index (χ3n) is 2.24. The number of rotatable bonds is 4. The average molecular weight is 291 g/mol. The number of hydrogen-bond acceptors (Lipinski definition) is 5. The average Bonchev–Trinajstić information content (AvgIpc) is 2.88. The molecule has 0 fully saturated rings. The number of nitrogens with zero attached hydrogens (tertiary/aromatic N) is 1. The number of anilines is 2. The van der Waals surface area contributed by atoms with E-state index in [2.05, 4.69) is 15.6 Å². The highest BCUT2D eigenvalue weighted by atomic mass is 32.1. The summed E-state index contributed by atoms with van der Waals surface area (Å²) in [6, 6.07) is 8.61. The molecule has 0 aliphatic rings. The van der Waals surface area contributed by atoms with Crippen LogP contribution in [0.3, 0.4) is 0 Å². The van der Waals surface area contributed by atoms with E-state index in [0.717, 1.165) is 11.3 Å². The van der Waals surface area contributed by atoms with Crippen LogP contribution < -0.4 is 10.6 Å². The lowest BCUT2D eigenvalue weighted by atomic mass is 10.3. The van der Waals surface area contributed by atoms with Crippen molar-refractivity contribution in [1.82, 2.24) is 4.98 Å². The third kappa shape index (κ3) is 3.79. The summed E-state index contributed by atoms with van der Waals surface area (Å²) in [5.41, 5.74) is 0.860. The van der Waals surface area contributed by atoms with Crippen LogP contribution in [0.2, 0.25) is 0 Å². The minimum Gasteiger partial charge on any atom is -0.461 e. The molecular formula is C13H13N3O3S. The Kier molecular flexibility index (Phi) is 4.67. The molecule has 2 aromatic rings. The molecule has 0 aliphatic heterocycles. The first-order valence-electron chi connectivity index (χ1n) is 5.94. The number of thiazole rings is 1. The van der Waals surface area contributed by atoms with Gasteiger partial charge < -0.3 is 10.1 Å². The zero-order chi connectivity index (χ0) is 14.4. The van der Waals surface area contributed by atoms with Gasteiger partial charge in [-0.2, -0.15) is 0 Å². The van der Waals surface area contributed by atoms with E-state index in [9.17, 15) is 9.59 Å². The Bertz CT molecular complexity index is 598. The molecule has 104 valence electrons. The van der Waals surface area contributed by atoms with E-state index < -0.39 is 12.0 Å². The molecular weight excluding hydrogens is 278 g/mol. The second-order valence-electron chi connectivity index (χ2n) is 3.70. The van der Waals surface area contributed by atoms with E-state index >= 15 is 0 Å². The zero-order valence-corrected chi connectivity index (χ0v) is 11.6. The molecule has 0 saturated carbocycles. The van der Waals surface area contributed by atoms with Crippen molar-refractivity contribution in [3.63, 3.8) is 0 Å². The third-order valence-corrected chi connectivity index (χ3v) is 3.00. The Morgan fingerprint density at radius 1 is 1.25 bits per heavy atom. The number of nitrogens with one attached hydrogen (secondary N) is 2. The molecule has 0 spiro atoms. The summed E-state index contributed by atoms with van der Waals surface area (Å²) in [7, 11) is 0. The first kappa shape index (κ1) is 14.0. The van der Waals surface area contributed by atoms with Gasteiger partial charge in [0.05, 0.1) is 6.61 Å². The van der Waals surface area contributed by atoms with Gasteiger partial charge in [0.25, 0.3) is 0 Å². The normalized spacial score (nSPS) is 9.85. The predicted octanol–water partition coefficient (Wildman–Crippen LogP) is 2.96. The molecule has 1 heterocycles. The van der Waals surface area contributed by atoms with Crippen LogP contribution in [0.15, 0.2) is 35.7 Å². The molecule has 0 aliphatic carbocycles. The largest absolute Gasteiger partial charge is 0.461 e. The smallest absolute Gasteiger partial charge is 0.357 e. The van der Waals surface area contributed by atoms with E-state index in [0.29, 0.717) is 10.8 Å². The Balaban J connectivity index is 1.93. The Morgan fingerprint density at radius 3 is 2.70 bits per heavy atom. The van der Waals surface area contributed by atoms with E-state index in [4.69, 9.17) is 4.74 Å². The highest BCUT2D eigenvalue weighted by Crippen LogP contribution is 2.16. The van der Waals surface area contributed by atoms with E-state index in [1.807, 2.05) is 18.2 Å². The van der Waals surface area contributed by atoms with Crippen molar-refractivity contribution in [3.8, 4) is 0 Å². The van der Waals surface area contributed by atoms with Gasteiger partial charge in [-0.15, -0.1) is 11.3 Å². The van der Waals surface area contributed by atoms with Gasteiger partial charge in [-0.1, -0.05) is 18.2 Å². The van der Waals surface area contributed by atoms with Crippen molar-refractivity contribution in [1.29, 1.82) is 0 Å². The summed E-state index contributed by atoms with van der Waals surface area (Å²) in [6.45, 7) is 2.00. The van der Waals surface area contributed by atoms with Gasteiger partial charge in [-0.3, -0.25) is 5.32 Å². The monoisotopic (exact) mass is 291 g/mol. The molecule has 0 atom stereocenters. The summed E-state index contributed by atoms with van der Waals surface area (Å²) in [5.74, 6) is -0.500. The number of urea groups is 1. The van der Waals surface area contributed by atoms with Crippen LogP contribution in [0.5, 0.6) is 0 Å². The molecule has 2 amide bonds. The topological polar surface area (TPSA) is 80.3 Å². The first-order chi connectivity index (χ1) is 9.69. The quantitative estimate of drug-likeness (QED) is 0.849. The van der Waals surface area contributed by atoms with Gasteiger partial charge in [0.1, 0.15) is 0 Å². The van der Waals surface area contributed by atoms with E-state index in [-0.39, 0.29) is 12.3 Å². The van der Waals surface area contributed by atoms with Crippen molar-refractivity contribution < 1.29 is 14.3 Å². The lowest BCUT2D eigenvalue weighted by Crippen LogP contribution is -2.19. The van der Waals surface area contributed by atoms with Crippen molar-refractivity contribution in [2.24, 2.45) is 0 Å². The summed E-state index contributed by atoms with van der Waals surface area (Å²) in [5, 5.41) is 7.08. The molecule has 1 aromatic heterocycles. The molecule has 6 nitrogen and oxygen atoms in total. The minimum atomic E-state index is -0.500. The van der Waals surface area contributed by atoms with E-state index in [1.165, 1.54) is 5.38 Å². The number of para-hydroxylation sites is 1. The van der Waals surface area contributed by atoms with Crippen LogP contribution in [0, 0.1) is 0 Å². The van der Waals surface area contributed by atoms with Gasteiger partial charge in [0.15, 0.2) is 10.8 Å². The summed E-state index contributed by atoms with van der Waals surface area (Å²) >= 11 is 1.16. The van der Waals surface area contributed by atoms with Crippen LogP contribution in [0.1, 0.15) is 17.4 Å². The van der Waals surface area contributed by atoms with Gasteiger partial charge >= 0.3 is 12.0 Å². The van der Waals surface area contributed by atoms with Gasteiger partial charge in [-0.05, 0) is 19.1 Å². The highest BCUT2D eigenvalue weighted by Gasteiger charge is 2.13. The number of amides is 2. The molecule has 20 heavy (non-hydrogen) atoms. The molecule has 0 saturated heterocycles. The lowest BCUT2D eigenvalue weighted by molar-refractivity contribution is 0.0520. The van der Waals surface area contributed by atoms with Crippen molar-refractivity contribution in [2.75, 3.05) is 17.2 Å². The van der Waals surface area contributed by atoms with Gasteiger partial charge in [0, 0.05) is 11.1 Å². The highest BCUT2D eigenvalue weighted by molar-refractivity contribution is 7.14. The Hall–Kier alpha value is -2.41. The maximum atomic E-state index is 11.7. The number of ether oxygens (including phenoxy) is 1. The van der Waals surface area contributed by atoms with Crippen LogP contribution in [0.4, 0.5) is 15.6 Å². The van der Waals surface area contributed by atoms with Crippen LogP contribution in [-0.2, 0) is 4.74 Å². The minimum absolute atomic E-state index is 0.187. The maximum absolute atomic E-state index is 11.7. The fourth-order valence-electron chi connectivity index (χ4n) is 1.41. The fourth-order valence-corrected chi connectivity index (χ4v) is 2.09. The van der Waals surface area contributed by atoms with Crippen molar-refractivity contribution in [3.05, 3.63) is 41.4 Å². The molecule has 1 aromatic carbocycles. The Morgan fingerprint density at radius 2 is 2.00 bits per heavy atom. The predicted molar refractivity (Wildman–Crippen MR) is 77.2 cm³/mol. The molecule has 2 rings (SSSR count). The number of benzene rings is 1. The van der Waals surface area contributed by atoms with Gasteiger partial charge in [-0.25, -0.2) is 14.6 Å². The van der Waals surface area contributed by atoms with Crippen LogP contribution in [-0.4, -0.2) is 23.6 Å². The first-order valence-corrected chi connectivity index (χ1v) is 6.82. The number of aromatic nitrogens is 1. The molecule has 2 N–H and O–H groups in total. The molecule has 7 heteroatoms. The number of hydrogen-bond donors (Lipinski definition) is 2. The zero-order valence-electron chi connectivity index (χ0n) is 10.8. The second kappa shape index (κ2) is 6.67. The second-order valence-corrected chi connectivity index (χ2v) is 4.56. The number of carbonyl (C=O) groups excluding carboxylic acids is 2. The van der Waals surface area contributed by atoms with Crippen LogP contribution >= 0.6 is 11.3 Å². The SMILES string of the molecule is CCOC(=O)c1csc(NC(=O)Nc2ccccc2)n1. The van der Waals surface area contributed by atoms with E-state index in [1.54, 1.807) is 19.1 Å². The summed E-state index contributed by atoms with van der Waals surface area (Å²) < 4.78 is 4.82. The fraction of sp³-hybridized carbons (Fsp3) is 0.154. The Labute approximate surface area is 119 Å². The molecule has 0 unspecified atom stereocenters.